The fourth-order valence-corrected chi connectivity index (χ4v) is 4.29. The van der Waals surface area contributed by atoms with Crippen LogP contribution in [0.25, 0.3) is 5.69 Å². The van der Waals surface area contributed by atoms with Crippen LogP contribution < -0.4 is 5.32 Å². The second kappa shape index (κ2) is 6.88. The highest BCUT2D eigenvalue weighted by atomic mass is 15.3. The minimum absolute atomic E-state index is 0.614. The quantitative estimate of drug-likeness (QED) is 0.916. The molecule has 2 aromatic rings. The summed E-state index contributed by atoms with van der Waals surface area (Å²) < 4.78 is 2.20. The van der Waals surface area contributed by atoms with Gasteiger partial charge in [0.1, 0.15) is 0 Å². The first-order valence-electron chi connectivity index (χ1n) is 9.27. The van der Waals surface area contributed by atoms with Gasteiger partial charge in [-0.2, -0.15) is 5.10 Å². The van der Waals surface area contributed by atoms with Gasteiger partial charge in [0.2, 0.25) is 0 Å². The Morgan fingerprint density at radius 1 is 1.00 bits per heavy atom. The molecule has 4 rings (SSSR count). The van der Waals surface area contributed by atoms with E-state index in [4.69, 9.17) is 5.10 Å². The van der Waals surface area contributed by atoms with Crippen LogP contribution in [0.4, 0.5) is 0 Å². The first-order valence-corrected chi connectivity index (χ1v) is 9.27. The summed E-state index contributed by atoms with van der Waals surface area (Å²) in [5, 5.41) is 8.50. The molecule has 1 saturated carbocycles. The standard InChI is InChI=1S/C20H27N3/c1-2-11-18(12-3-1)23-20(14-17-10-6-7-13-21-17)19(15-22-23)16-8-4-5-9-16/h1-3,11-12,15-17,21H,4-10,13-14H2. The predicted octanol–water partition coefficient (Wildman–Crippen LogP) is 4.21. The topological polar surface area (TPSA) is 29.9 Å². The van der Waals surface area contributed by atoms with Crippen LogP contribution in [0.2, 0.25) is 0 Å². The lowest BCUT2D eigenvalue weighted by atomic mass is 9.93. The number of nitrogens with one attached hydrogen (secondary N) is 1. The predicted molar refractivity (Wildman–Crippen MR) is 94.1 cm³/mol. The molecule has 1 aromatic carbocycles. The molecule has 1 aliphatic carbocycles. The molecular weight excluding hydrogens is 282 g/mol. The average Bonchev–Trinajstić information content (AvgIpc) is 3.26. The van der Waals surface area contributed by atoms with Crippen molar-refractivity contribution in [2.75, 3.05) is 6.54 Å². The van der Waals surface area contributed by atoms with Gasteiger partial charge in [0.05, 0.1) is 11.9 Å². The van der Waals surface area contributed by atoms with Crippen LogP contribution >= 0.6 is 0 Å². The van der Waals surface area contributed by atoms with Crippen LogP contribution in [-0.2, 0) is 6.42 Å². The van der Waals surface area contributed by atoms with Gasteiger partial charge < -0.3 is 5.32 Å². The van der Waals surface area contributed by atoms with Crippen molar-refractivity contribution in [1.82, 2.24) is 15.1 Å². The molecule has 23 heavy (non-hydrogen) atoms. The summed E-state index contributed by atoms with van der Waals surface area (Å²) in [6.07, 6.45) is 12.7. The fourth-order valence-electron chi connectivity index (χ4n) is 4.29. The van der Waals surface area contributed by atoms with Crippen molar-refractivity contribution in [3.63, 3.8) is 0 Å². The zero-order valence-electron chi connectivity index (χ0n) is 13.9. The van der Waals surface area contributed by atoms with E-state index in [1.54, 1.807) is 0 Å². The summed E-state index contributed by atoms with van der Waals surface area (Å²) >= 11 is 0. The Balaban J connectivity index is 1.67. The zero-order chi connectivity index (χ0) is 15.5. The first-order chi connectivity index (χ1) is 11.4. The molecule has 2 fully saturated rings. The summed E-state index contributed by atoms with van der Waals surface area (Å²) in [5.41, 5.74) is 4.16. The molecule has 1 atom stereocenters. The third-order valence-corrected chi connectivity index (χ3v) is 5.55. The molecule has 0 bridgehead atoms. The summed E-state index contributed by atoms with van der Waals surface area (Å²) in [5.74, 6) is 0.728. The number of aromatic nitrogens is 2. The maximum atomic E-state index is 4.79. The third-order valence-electron chi connectivity index (χ3n) is 5.55. The summed E-state index contributed by atoms with van der Waals surface area (Å²) in [7, 11) is 0. The van der Waals surface area contributed by atoms with Crippen LogP contribution in [-0.4, -0.2) is 22.4 Å². The normalized spacial score (nSPS) is 22.5. The van der Waals surface area contributed by atoms with E-state index in [0.29, 0.717) is 6.04 Å². The molecule has 3 nitrogen and oxygen atoms in total. The molecule has 0 radical (unpaired) electrons. The van der Waals surface area contributed by atoms with E-state index in [0.717, 1.165) is 12.3 Å². The molecule has 1 aromatic heterocycles. The van der Waals surface area contributed by atoms with E-state index in [1.165, 1.54) is 68.4 Å². The Morgan fingerprint density at radius 2 is 1.78 bits per heavy atom. The lowest BCUT2D eigenvalue weighted by molar-refractivity contribution is 0.393. The molecule has 2 heterocycles. The van der Waals surface area contributed by atoms with E-state index >= 15 is 0 Å². The van der Waals surface area contributed by atoms with Gasteiger partial charge in [0.25, 0.3) is 0 Å². The molecule has 1 unspecified atom stereocenters. The Morgan fingerprint density at radius 3 is 2.52 bits per heavy atom. The van der Waals surface area contributed by atoms with Crippen molar-refractivity contribution in [2.45, 2.75) is 63.3 Å². The van der Waals surface area contributed by atoms with Gasteiger partial charge >= 0.3 is 0 Å². The van der Waals surface area contributed by atoms with Crippen molar-refractivity contribution in [3.05, 3.63) is 47.8 Å². The Labute approximate surface area is 139 Å². The van der Waals surface area contributed by atoms with Crippen molar-refractivity contribution in [1.29, 1.82) is 0 Å². The van der Waals surface area contributed by atoms with Crippen LogP contribution in [0.3, 0.4) is 0 Å². The van der Waals surface area contributed by atoms with E-state index in [1.807, 2.05) is 0 Å². The number of para-hydroxylation sites is 1. The van der Waals surface area contributed by atoms with Gasteiger partial charge in [-0.3, -0.25) is 0 Å². The largest absolute Gasteiger partial charge is 0.314 e. The number of hydrogen-bond donors (Lipinski definition) is 1. The number of benzene rings is 1. The van der Waals surface area contributed by atoms with Gasteiger partial charge in [-0.1, -0.05) is 37.5 Å². The van der Waals surface area contributed by atoms with Gasteiger partial charge in [-0.15, -0.1) is 0 Å². The lowest BCUT2D eigenvalue weighted by Gasteiger charge is -2.25. The Hall–Kier alpha value is -1.61. The molecule has 0 spiro atoms. The van der Waals surface area contributed by atoms with Crippen LogP contribution in [0.15, 0.2) is 36.5 Å². The van der Waals surface area contributed by atoms with Gasteiger partial charge in [-0.25, -0.2) is 4.68 Å². The monoisotopic (exact) mass is 309 g/mol. The molecule has 3 heteroatoms. The molecule has 2 aliphatic rings. The van der Waals surface area contributed by atoms with Crippen molar-refractivity contribution in [2.24, 2.45) is 0 Å². The molecule has 1 saturated heterocycles. The number of nitrogens with zero attached hydrogens (tertiary/aromatic N) is 2. The summed E-state index contributed by atoms with van der Waals surface area (Å²) in [6.45, 7) is 1.17. The number of hydrogen-bond acceptors (Lipinski definition) is 2. The van der Waals surface area contributed by atoms with E-state index < -0.39 is 0 Å². The number of piperidine rings is 1. The van der Waals surface area contributed by atoms with Crippen molar-refractivity contribution >= 4 is 0 Å². The maximum absolute atomic E-state index is 4.79. The van der Waals surface area contributed by atoms with E-state index in [2.05, 4.69) is 46.5 Å². The minimum Gasteiger partial charge on any atom is -0.314 e. The molecule has 1 aliphatic heterocycles. The van der Waals surface area contributed by atoms with Crippen LogP contribution in [0.5, 0.6) is 0 Å². The smallest absolute Gasteiger partial charge is 0.0648 e. The average molecular weight is 309 g/mol. The maximum Gasteiger partial charge on any atom is 0.0648 e. The van der Waals surface area contributed by atoms with E-state index in [9.17, 15) is 0 Å². The van der Waals surface area contributed by atoms with Crippen molar-refractivity contribution in [3.8, 4) is 5.69 Å². The fraction of sp³-hybridized carbons (Fsp3) is 0.550. The summed E-state index contributed by atoms with van der Waals surface area (Å²) in [4.78, 5) is 0. The van der Waals surface area contributed by atoms with Crippen LogP contribution in [0, 0.1) is 0 Å². The van der Waals surface area contributed by atoms with Crippen LogP contribution in [0.1, 0.15) is 62.1 Å². The lowest BCUT2D eigenvalue weighted by Crippen LogP contribution is -2.36. The van der Waals surface area contributed by atoms with Gasteiger partial charge in [0, 0.05) is 18.2 Å². The van der Waals surface area contributed by atoms with Gasteiger partial charge in [0.15, 0.2) is 0 Å². The molecule has 1 N–H and O–H groups in total. The second-order valence-corrected chi connectivity index (χ2v) is 7.13. The summed E-state index contributed by atoms with van der Waals surface area (Å²) in [6, 6.07) is 11.2. The van der Waals surface area contributed by atoms with Crippen molar-refractivity contribution < 1.29 is 0 Å². The molecule has 122 valence electrons. The first kappa shape index (κ1) is 14.9. The molecular formula is C20H27N3. The van der Waals surface area contributed by atoms with Gasteiger partial charge in [-0.05, 0) is 55.8 Å². The highest BCUT2D eigenvalue weighted by Crippen LogP contribution is 2.37. The second-order valence-electron chi connectivity index (χ2n) is 7.13. The Bertz CT molecular complexity index is 620. The minimum atomic E-state index is 0.614. The molecule has 0 amide bonds. The third kappa shape index (κ3) is 3.20. The SMILES string of the molecule is c1ccc(-n2ncc(C3CCCC3)c2CC2CCCCN2)cc1. The van der Waals surface area contributed by atoms with E-state index in [-0.39, 0.29) is 0 Å². The number of rotatable bonds is 4. The highest BCUT2D eigenvalue weighted by molar-refractivity contribution is 5.36. The Kier molecular flexibility index (Phi) is 4.47. The zero-order valence-corrected chi connectivity index (χ0v) is 13.9. The highest BCUT2D eigenvalue weighted by Gasteiger charge is 2.25.